The van der Waals surface area contributed by atoms with E-state index in [2.05, 4.69) is 4.98 Å². The van der Waals surface area contributed by atoms with E-state index in [0.717, 1.165) is 24.1 Å². The van der Waals surface area contributed by atoms with E-state index >= 15 is 0 Å². The maximum Gasteiger partial charge on any atom is 0.416 e. The molecule has 18 heavy (non-hydrogen) atoms. The van der Waals surface area contributed by atoms with Gasteiger partial charge in [-0.05, 0) is 43.0 Å². The van der Waals surface area contributed by atoms with Crippen LogP contribution in [0.1, 0.15) is 23.1 Å². The lowest BCUT2D eigenvalue weighted by Crippen LogP contribution is -2.13. The largest absolute Gasteiger partial charge is 0.416 e. The molecule has 1 aliphatic carbocycles. The number of nitrogens with one attached hydrogen (secondary N) is 1. The summed E-state index contributed by atoms with van der Waals surface area (Å²) in [5.74, 6) is 0. The molecular formula is C13H10F3NO. The molecule has 0 amide bonds. The number of halogens is 3. The van der Waals surface area contributed by atoms with Crippen LogP contribution in [0.25, 0.3) is 10.9 Å². The van der Waals surface area contributed by atoms with E-state index in [4.69, 9.17) is 0 Å². The Balaban J connectivity index is 2.35. The minimum absolute atomic E-state index is 0.172. The summed E-state index contributed by atoms with van der Waals surface area (Å²) < 4.78 is 38.0. The van der Waals surface area contributed by atoms with Crippen LogP contribution in [-0.2, 0) is 19.0 Å². The van der Waals surface area contributed by atoms with Crippen molar-refractivity contribution >= 4 is 10.9 Å². The maximum absolute atomic E-state index is 12.7. The lowest BCUT2D eigenvalue weighted by atomic mass is 10.0. The summed E-state index contributed by atoms with van der Waals surface area (Å²) >= 11 is 0. The third-order valence-electron chi connectivity index (χ3n) is 3.41. The molecule has 0 radical (unpaired) electrons. The van der Waals surface area contributed by atoms with E-state index in [9.17, 15) is 18.0 Å². The Labute approximate surface area is 100 Å². The predicted octanol–water partition coefficient (Wildman–Crippen LogP) is 3.04. The fourth-order valence-electron chi connectivity index (χ4n) is 2.57. The van der Waals surface area contributed by atoms with E-state index in [1.807, 2.05) is 0 Å². The molecule has 2 aromatic rings. The fourth-order valence-corrected chi connectivity index (χ4v) is 2.57. The molecule has 1 aromatic carbocycles. The van der Waals surface area contributed by atoms with Crippen molar-refractivity contribution in [2.45, 2.75) is 25.4 Å². The Kier molecular flexibility index (Phi) is 2.27. The van der Waals surface area contributed by atoms with Crippen molar-refractivity contribution in [2.75, 3.05) is 0 Å². The summed E-state index contributed by atoms with van der Waals surface area (Å²) in [4.78, 5) is 14.4. The molecule has 1 heterocycles. The number of pyridine rings is 1. The molecule has 94 valence electrons. The van der Waals surface area contributed by atoms with Crippen LogP contribution in [0.5, 0.6) is 0 Å². The van der Waals surface area contributed by atoms with Crippen LogP contribution in [-0.4, -0.2) is 4.98 Å². The molecule has 0 fully saturated rings. The van der Waals surface area contributed by atoms with Crippen LogP contribution in [0.4, 0.5) is 13.2 Å². The second-order valence-corrected chi connectivity index (χ2v) is 4.52. The van der Waals surface area contributed by atoms with Crippen LogP contribution >= 0.6 is 0 Å². The zero-order chi connectivity index (χ0) is 12.9. The number of benzene rings is 1. The average Bonchev–Trinajstić information content (AvgIpc) is 2.77. The third-order valence-corrected chi connectivity index (χ3v) is 3.41. The fraction of sp³-hybridized carbons (Fsp3) is 0.308. The van der Waals surface area contributed by atoms with E-state index in [0.29, 0.717) is 29.3 Å². The van der Waals surface area contributed by atoms with E-state index < -0.39 is 11.7 Å². The summed E-state index contributed by atoms with van der Waals surface area (Å²) in [5, 5.41) is 0.525. The first kappa shape index (κ1) is 11.3. The summed E-state index contributed by atoms with van der Waals surface area (Å²) in [7, 11) is 0. The summed E-state index contributed by atoms with van der Waals surface area (Å²) in [5.41, 5.74) is 1.06. The molecule has 2 nitrogen and oxygen atoms in total. The molecule has 1 N–H and O–H groups in total. The minimum Gasteiger partial charge on any atom is -0.322 e. The van der Waals surface area contributed by atoms with Crippen LogP contribution in [0.15, 0.2) is 23.0 Å². The lowest BCUT2D eigenvalue weighted by Gasteiger charge is -2.10. The smallest absolute Gasteiger partial charge is 0.322 e. The lowest BCUT2D eigenvalue weighted by molar-refractivity contribution is -0.137. The molecule has 0 spiro atoms. The highest BCUT2D eigenvalue weighted by Crippen LogP contribution is 2.33. The van der Waals surface area contributed by atoms with Crippen molar-refractivity contribution in [2.24, 2.45) is 0 Å². The Bertz CT molecular complexity index is 685. The third kappa shape index (κ3) is 1.62. The Hall–Kier alpha value is -1.78. The van der Waals surface area contributed by atoms with Crippen LogP contribution < -0.4 is 5.56 Å². The van der Waals surface area contributed by atoms with Gasteiger partial charge in [-0.3, -0.25) is 4.79 Å². The number of H-pyrrole nitrogens is 1. The molecule has 5 heteroatoms. The van der Waals surface area contributed by atoms with Crippen molar-refractivity contribution in [3.8, 4) is 0 Å². The molecule has 0 bridgehead atoms. The molecule has 0 unspecified atom stereocenters. The van der Waals surface area contributed by atoms with Gasteiger partial charge in [0, 0.05) is 16.5 Å². The normalized spacial score (nSPS) is 15.1. The highest BCUT2D eigenvalue weighted by Gasteiger charge is 2.31. The predicted molar refractivity (Wildman–Crippen MR) is 61.6 cm³/mol. The quantitative estimate of drug-likeness (QED) is 0.769. The number of hydrogen-bond donors (Lipinski definition) is 1. The van der Waals surface area contributed by atoms with Gasteiger partial charge in [0.1, 0.15) is 0 Å². The van der Waals surface area contributed by atoms with Crippen molar-refractivity contribution in [1.82, 2.24) is 4.98 Å². The summed E-state index contributed by atoms with van der Waals surface area (Å²) in [6, 6.07) is 3.47. The monoisotopic (exact) mass is 253 g/mol. The molecule has 0 saturated heterocycles. The first-order valence-electron chi connectivity index (χ1n) is 5.72. The highest BCUT2D eigenvalue weighted by molar-refractivity contribution is 5.84. The van der Waals surface area contributed by atoms with E-state index in [1.165, 1.54) is 6.07 Å². The molecule has 0 aliphatic heterocycles. The molecule has 0 atom stereocenters. The van der Waals surface area contributed by atoms with Gasteiger partial charge in [0.25, 0.3) is 5.56 Å². The minimum atomic E-state index is -4.35. The van der Waals surface area contributed by atoms with Gasteiger partial charge in [-0.2, -0.15) is 13.2 Å². The van der Waals surface area contributed by atoms with Gasteiger partial charge in [0.05, 0.1) is 5.56 Å². The molecule has 0 saturated carbocycles. The highest BCUT2D eigenvalue weighted by atomic mass is 19.4. The molecular weight excluding hydrogens is 243 g/mol. The van der Waals surface area contributed by atoms with E-state index in [-0.39, 0.29) is 5.56 Å². The Morgan fingerprint density at radius 3 is 2.56 bits per heavy atom. The maximum atomic E-state index is 12.7. The Morgan fingerprint density at radius 2 is 1.83 bits per heavy atom. The average molecular weight is 253 g/mol. The SMILES string of the molecule is O=c1[nH]c2ccc(C(F)(F)F)cc2c2c1CCC2. The van der Waals surface area contributed by atoms with E-state index in [1.54, 1.807) is 0 Å². The summed E-state index contributed by atoms with van der Waals surface area (Å²) in [6.07, 6.45) is -2.20. The van der Waals surface area contributed by atoms with Crippen molar-refractivity contribution < 1.29 is 13.2 Å². The second-order valence-electron chi connectivity index (χ2n) is 4.52. The zero-order valence-corrected chi connectivity index (χ0v) is 9.40. The first-order valence-corrected chi connectivity index (χ1v) is 5.72. The van der Waals surface area contributed by atoms with Crippen molar-refractivity contribution in [1.29, 1.82) is 0 Å². The topological polar surface area (TPSA) is 32.9 Å². The van der Waals surface area contributed by atoms with Crippen molar-refractivity contribution in [3.63, 3.8) is 0 Å². The van der Waals surface area contributed by atoms with Gasteiger partial charge < -0.3 is 4.98 Å². The first-order chi connectivity index (χ1) is 8.47. The van der Waals surface area contributed by atoms with Gasteiger partial charge in [-0.15, -0.1) is 0 Å². The summed E-state index contributed by atoms with van der Waals surface area (Å²) in [6.45, 7) is 0. The van der Waals surface area contributed by atoms with Gasteiger partial charge in [-0.25, -0.2) is 0 Å². The number of fused-ring (bicyclic) bond motifs is 3. The molecule has 1 aliphatic rings. The van der Waals surface area contributed by atoms with Gasteiger partial charge >= 0.3 is 6.18 Å². The molecule has 3 rings (SSSR count). The number of alkyl halides is 3. The van der Waals surface area contributed by atoms with Crippen LogP contribution in [0.2, 0.25) is 0 Å². The van der Waals surface area contributed by atoms with Crippen molar-refractivity contribution in [3.05, 3.63) is 45.2 Å². The van der Waals surface area contributed by atoms with Crippen LogP contribution in [0, 0.1) is 0 Å². The number of aryl methyl sites for hydroxylation is 1. The second kappa shape index (κ2) is 3.60. The number of aromatic nitrogens is 1. The number of hydrogen-bond acceptors (Lipinski definition) is 1. The Morgan fingerprint density at radius 1 is 1.11 bits per heavy atom. The van der Waals surface area contributed by atoms with Gasteiger partial charge in [0.15, 0.2) is 0 Å². The van der Waals surface area contributed by atoms with Gasteiger partial charge in [-0.1, -0.05) is 0 Å². The molecule has 1 aromatic heterocycles. The van der Waals surface area contributed by atoms with Gasteiger partial charge in [0.2, 0.25) is 0 Å². The number of aromatic amines is 1. The number of rotatable bonds is 0. The standard InChI is InChI=1S/C13H10F3NO/c14-13(15,16)7-4-5-11-10(6-7)8-2-1-3-9(8)12(18)17-11/h4-6H,1-3H2,(H,17,18). The zero-order valence-electron chi connectivity index (χ0n) is 9.40. The van der Waals surface area contributed by atoms with Crippen LogP contribution in [0.3, 0.4) is 0 Å².